The third-order valence-electron chi connectivity index (χ3n) is 3.68. The van der Waals surface area contributed by atoms with Crippen molar-refractivity contribution in [1.82, 2.24) is 5.32 Å². The van der Waals surface area contributed by atoms with Gasteiger partial charge in [-0.2, -0.15) is 0 Å². The number of rotatable bonds is 9. The Kier molecular flexibility index (Phi) is 7.68. The molecular weight excluding hydrogens is 267 g/mol. The lowest BCUT2D eigenvalue weighted by Crippen LogP contribution is -2.30. The van der Waals surface area contributed by atoms with Crippen molar-refractivity contribution in [2.24, 2.45) is 0 Å². The van der Waals surface area contributed by atoms with Crippen molar-refractivity contribution in [2.45, 2.75) is 46.6 Å². The van der Waals surface area contributed by atoms with Crippen LogP contribution in [-0.4, -0.2) is 31.3 Å². The van der Waals surface area contributed by atoms with Gasteiger partial charge in [-0.05, 0) is 56.5 Å². The number of benzene rings is 1. The maximum absolute atomic E-state index is 14.0. The van der Waals surface area contributed by atoms with Crippen LogP contribution in [0, 0.1) is 12.7 Å². The van der Waals surface area contributed by atoms with Crippen LogP contribution in [0.4, 0.5) is 10.1 Å². The number of aliphatic hydroxyl groups is 1. The molecule has 0 aromatic heterocycles. The van der Waals surface area contributed by atoms with Crippen molar-refractivity contribution >= 4 is 5.69 Å². The van der Waals surface area contributed by atoms with Gasteiger partial charge < -0.3 is 15.3 Å². The van der Waals surface area contributed by atoms with E-state index in [1.807, 2.05) is 6.07 Å². The first-order valence-electron chi connectivity index (χ1n) is 7.94. The van der Waals surface area contributed by atoms with Gasteiger partial charge in [0.2, 0.25) is 0 Å². The maximum atomic E-state index is 14.0. The van der Waals surface area contributed by atoms with Gasteiger partial charge in [-0.1, -0.05) is 13.8 Å². The quantitative estimate of drug-likeness (QED) is 0.733. The molecule has 3 nitrogen and oxygen atoms in total. The molecular formula is C17H29FN2O. The topological polar surface area (TPSA) is 35.5 Å². The van der Waals surface area contributed by atoms with E-state index >= 15 is 0 Å². The summed E-state index contributed by atoms with van der Waals surface area (Å²) in [5, 5.41) is 12.7. The third-order valence-corrected chi connectivity index (χ3v) is 3.68. The molecule has 4 heteroatoms. The first-order valence-corrected chi connectivity index (χ1v) is 7.94. The molecule has 1 unspecified atom stereocenters. The molecule has 0 amide bonds. The molecule has 1 atom stereocenters. The molecule has 120 valence electrons. The summed E-state index contributed by atoms with van der Waals surface area (Å²) in [7, 11) is 0. The number of nitrogens with one attached hydrogen (secondary N) is 1. The van der Waals surface area contributed by atoms with E-state index in [1.54, 1.807) is 13.0 Å². The van der Waals surface area contributed by atoms with E-state index in [1.165, 1.54) is 0 Å². The van der Waals surface area contributed by atoms with E-state index in [9.17, 15) is 9.50 Å². The summed E-state index contributed by atoms with van der Waals surface area (Å²) in [5.41, 5.74) is 2.64. The van der Waals surface area contributed by atoms with Gasteiger partial charge in [0.05, 0.1) is 6.61 Å². The summed E-state index contributed by atoms with van der Waals surface area (Å²) >= 11 is 0. The van der Waals surface area contributed by atoms with Gasteiger partial charge in [-0.3, -0.25) is 0 Å². The highest BCUT2D eigenvalue weighted by atomic mass is 19.1. The number of halogens is 1. The Morgan fingerprint density at radius 1 is 1.24 bits per heavy atom. The van der Waals surface area contributed by atoms with Crippen LogP contribution in [0.25, 0.3) is 0 Å². The monoisotopic (exact) mass is 296 g/mol. The van der Waals surface area contributed by atoms with Crippen LogP contribution in [-0.2, 0) is 0 Å². The molecule has 0 radical (unpaired) electrons. The summed E-state index contributed by atoms with van der Waals surface area (Å²) in [5.74, 6) is -0.167. The van der Waals surface area contributed by atoms with Crippen LogP contribution in [0.2, 0.25) is 0 Å². The van der Waals surface area contributed by atoms with Gasteiger partial charge in [0.1, 0.15) is 5.82 Å². The van der Waals surface area contributed by atoms with E-state index in [0.29, 0.717) is 12.1 Å². The number of anilines is 1. The molecule has 0 fully saturated rings. The third kappa shape index (κ3) is 4.97. The Labute approximate surface area is 128 Å². The van der Waals surface area contributed by atoms with Crippen LogP contribution >= 0.6 is 0 Å². The highest BCUT2D eigenvalue weighted by Crippen LogP contribution is 2.29. The van der Waals surface area contributed by atoms with Gasteiger partial charge in [-0.25, -0.2) is 4.39 Å². The molecule has 0 saturated heterocycles. The minimum Gasteiger partial charge on any atom is -0.395 e. The smallest absolute Gasteiger partial charge is 0.126 e. The summed E-state index contributed by atoms with van der Waals surface area (Å²) in [6, 6.07) is 3.63. The SMILES string of the molecule is CCCNC(C)c1cc(F)c(C)cc1N(CCC)CCO. The summed E-state index contributed by atoms with van der Waals surface area (Å²) in [6.45, 7) is 10.5. The minimum atomic E-state index is -0.167. The van der Waals surface area contributed by atoms with Crippen molar-refractivity contribution in [3.8, 4) is 0 Å². The van der Waals surface area contributed by atoms with Gasteiger partial charge in [0, 0.05) is 24.8 Å². The van der Waals surface area contributed by atoms with E-state index in [2.05, 4.69) is 31.0 Å². The fraction of sp³-hybridized carbons (Fsp3) is 0.647. The number of hydrogen-bond acceptors (Lipinski definition) is 3. The molecule has 1 aromatic carbocycles. The zero-order valence-corrected chi connectivity index (χ0v) is 13.7. The van der Waals surface area contributed by atoms with Gasteiger partial charge >= 0.3 is 0 Å². The van der Waals surface area contributed by atoms with E-state index in [0.717, 1.165) is 37.2 Å². The molecule has 1 rings (SSSR count). The highest BCUT2D eigenvalue weighted by Gasteiger charge is 2.17. The Morgan fingerprint density at radius 3 is 2.52 bits per heavy atom. The summed E-state index contributed by atoms with van der Waals surface area (Å²) in [4.78, 5) is 2.14. The molecule has 0 aliphatic heterocycles. The van der Waals surface area contributed by atoms with Crippen molar-refractivity contribution in [3.05, 3.63) is 29.1 Å². The van der Waals surface area contributed by atoms with Crippen molar-refractivity contribution < 1.29 is 9.50 Å². The Balaban J connectivity index is 3.16. The van der Waals surface area contributed by atoms with Crippen molar-refractivity contribution in [2.75, 3.05) is 31.1 Å². The molecule has 1 aromatic rings. The average Bonchev–Trinajstić information content (AvgIpc) is 2.47. The second kappa shape index (κ2) is 9.00. The molecule has 2 N–H and O–H groups in total. The highest BCUT2D eigenvalue weighted by molar-refractivity contribution is 5.57. The zero-order chi connectivity index (χ0) is 15.8. The maximum Gasteiger partial charge on any atom is 0.126 e. The second-order valence-electron chi connectivity index (χ2n) is 5.55. The number of nitrogens with zero attached hydrogens (tertiary/aromatic N) is 1. The predicted molar refractivity (Wildman–Crippen MR) is 87.4 cm³/mol. The largest absolute Gasteiger partial charge is 0.395 e. The minimum absolute atomic E-state index is 0.0908. The lowest BCUT2D eigenvalue weighted by Gasteiger charge is -2.29. The van der Waals surface area contributed by atoms with Crippen LogP contribution in [0.15, 0.2) is 12.1 Å². The number of aryl methyl sites for hydroxylation is 1. The van der Waals surface area contributed by atoms with Gasteiger partial charge in [0.15, 0.2) is 0 Å². The molecule has 0 aliphatic rings. The van der Waals surface area contributed by atoms with Gasteiger partial charge in [-0.15, -0.1) is 0 Å². The summed E-state index contributed by atoms with van der Waals surface area (Å²) < 4.78 is 14.0. The molecule has 0 heterocycles. The fourth-order valence-electron chi connectivity index (χ4n) is 2.52. The van der Waals surface area contributed by atoms with Crippen molar-refractivity contribution in [1.29, 1.82) is 0 Å². The first kappa shape index (κ1) is 17.9. The Morgan fingerprint density at radius 2 is 1.95 bits per heavy atom. The first-order chi connectivity index (χ1) is 10.0. The lowest BCUT2D eigenvalue weighted by molar-refractivity contribution is 0.301. The van der Waals surface area contributed by atoms with Crippen molar-refractivity contribution in [3.63, 3.8) is 0 Å². The normalized spacial score (nSPS) is 12.5. The lowest BCUT2D eigenvalue weighted by atomic mass is 10.0. The van der Waals surface area contributed by atoms with Crippen LogP contribution < -0.4 is 10.2 Å². The molecule has 0 saturated carbocycles. The van der Waals surface area contributed by atoms with Crippen LogP contribution in [0.1, 0.15) is 50.8 Å². The standard InChI is InChI=1S/C17H29FN2O/c1-5-7-19-14(4)15-12-16(18)13(3)11-17(15)20(8-6-2)9-10-21/h11-12,14,19,21H,5-10H2,1-4H3. The fourth-order valence-corrected chi connectivity index (χ4v) is 2.52. The van der Waals surface area contributed by atoms with E-state index < -0.39 is 0 Å². The number of aliphatic hydroxyl groups excluding tert-OH is 1. The van der Waals surface area contributed by atoms with E-state index in [-0.39, 0.29) is 18.5 Å². The predicted octanol–water partition coefficient (Wildman–Crippen LogP) is 3.40. The molecule has 0 spiro atoms. The summed E-state index contributed by atoms with van der Waals surface area (Å²) in [6.07, 6.45) is 2.04. The second-order valence-corrected chi connectivity index (χ2v) is 5.55. The number of hydrogen-bond donors (Lipinski definition) is 2. The van der Waals surface area contributed by atoms with Crippen LogP contribution in [0.5, 0.6) is 0 Å². The van der Waals surface area contributed by atoms with Gasteiger partial charge in [0.25, 0.3) is 0 Å². The molecule has 0 aliphatic carbocycles. The molecule has 21 heavy (non-hydrogen) atoms. The van der Waals surface area contributed by atoms with E-state index in [4.69, 9.17) is 0 Å². The molecule has 0 bridgehead atoms. The zero-order valence-electron chi connectivity index (χ0n) is 13.7. The average molecular weight is 296 g/mol. The van der Waals surface area contributed by atoms with Crippen LogP contribution in [0.3, 0.4) is 0 Å². The Bertz CT molecular complexity index is 431. The Hall–Kier alpha value is -1.13.